The molecule has 1 aliphatic heterocycles. The molecule has 4 nitrogen and oxygen atoms in total. The van der Waals surface area contributed by atoms with Gasteiger partial charge in [-0.05, 0) is 12.1 Å². The SMILES string of the molecule is NC(=S)c1c(Cl)cccc1N1CCOC(CO)C1. The summed E-state index contributed by atoms with van der Waals surface area (Å²) in [6.07, 6.45) is -0.183. The van der Waals surface area contributed by atoms with Crippen molar-refractivity contribution in [1.82, 2.24) is 0 Å². The first-order valence-electron chi connectivity index (χ1n) is 5.69. The van der Waals surface area contributed by atoms with Crippen LogP contribution in [0.5, 0.6) is 0 Å². The van der Waals surface area contributed by atoms with Crippen LogP contribution >= 0.6 is 23.8 Å². The molecule has 1 heterocycles. The summed E-state index contributed by atoms with van der Waals surface area (Å²) in [4.78, 5) is 2.37. The van der Waals surface area contributed by atoms with Gasteiger partial charge in [0, 0.05) is 18.8 Å². The quantitative estimate of drug-likeness (QED) is 0.817. The predicted molar refractivity (Wildman–Crippen MR) is 76.4 cm³/mol. The molecule has 0 spiro atoms. The van der Waals surface area contributed by atoms with E-state index in [9.17, 15) is 0 Å². The molecule has 6 heteroatoms. The van der Waals surface area contributed by atoms with Gasteiger partial charge in [0.1, 0.15) is 4.99 Å². The average Bonchev–Trinajstić information content (AvgIpc) is 2.38. The van der Waals surface area contributed by atoms with Crippen molar-refractivity contribution in [3.63, 3.8) is 0 Å². The van der Waals surface area contributed by atoms with Crippen LogP contribution in [0.3, 0.4) is 0 Å². The number of anilines is 1. The van der Waals surface area contributed by atoms with Gasteiger partial charge in [0.25, 0.3) is 0 Å². The Balaban J connectivity index is 2.32. The van der Waals surface area contributed by atoms with Crippen molar-refractivity contribution in [2.75, 3.05) is 31.2 Å². The lowest BCUT2D eigenvalue weighted by atomic mass is 10.1. The third-order valence-electron chi connectivity index (χ3n) is 2.92. The zero-order valence-corrected chi connectivity index (χ0v) is 11.4. The molecule has 1 aliphatic rings. The Hall–Kier alpha value is -0.880. The minimum Gasteiger partial charge on any atom is -0.394 e. The van der Waals surface area contributed by atoms with Crippen LogP contribution in [-0.2, 0) is 4.74 Å². The van der Waals surface area contributed by atoms with Crippen molar-refractivity contribution in [2.24, 2.45) is 5.73 Å². The Morgan fingerprint density at radius 2 is 2.39 bits per heavy atom. The molecule has 2 rings (SSSR count). The predicted octanol–water partition coefficient (Wildman–Crippen LogP) is 1.17. The number of aliphatic hydroxyl groups excluding tert-OH is 1. The first kappa shape index (κ1) is 13.5. The van der Waals surface area contributed by atoms with Gasteiger partial charge in [0.05, 0.1) is 29.9 Å². The normalized spacial score (nSPS) is 19.9. The van der Waals surface area contributed by atoms with Crippen LogP contribution in [0.15, 0.2) is 18.2 Å². The molecule has 0 aromatic heterocycles. The van der Waals surface area contributed by atoms with Crippen molar-refractivity contribution in [1.29, 1.82) is 0 Å². The molecule has 1 aromatic rings. The van der Waals surface area contributed by atoms with Gasteiger partial charge in [-0.25, -0.2) is 0 Å². The molecule has 1 atom stereocenters. The summed E-state index contributed by atoms with van der Waals surface area (Å²) in [5, 5.41) is 9.71. The van der Waals surface area contributed by atoms with E-state index in [1.807, 2.05) is 12.1 Å². The monoisotopic (exact) mass is 286 g/mol. The molecule has 0 radical (unpaired) electrons. The molecule has 1 aromatic carbocycles. The topological polar surface area (TPSA) is 58.7 Å². The fourth-order valence-electron chi connectivity index (χ4n) is 2.07. The molecule has 3 N–H and O–H groups in total. The Morgan fingerprint density at radius 1 is 1.61 bits per heavy atom. The number of halogens is 1. The van der Waals surface area contributed by atoms with Gasteiger partial charge in [0.2, 0.25) is 0 Å². The third kappa shape index (κ3) is 2.75. The van der Waals surface area contributed by atoms with E-state index in [4.69, 9.17) is 39.4 Å². The number of ether oxygens (including phenoxy) is 1. The number of hydrogen-bond acceptors (Lipinski definition) is 4. The van der Waals surface area contributed by atoms with E-state index in [1.165, 1.54) is 0 Å². The second kappa shape index (κ2) is 5.84. The maximum atomic E-state index is 9.16. The summed E-state index contributed by atoms with van der Waals surface area (Å²) >= 11 is 11.2. The zero-order valence-electron chi connectivity index (χ0n) is 9.80. The minimum atomic E-state index is -0.183. The van der Waals surface area contributed by atoms with E-state index in [-0.39, 0.29) is 17.7 Å². The smallest absolute Gasteiger partial charge is 0.107 e. The molecule has 1 unspecified atom stereocenters. The lowest BCUT2D eigenvalue weighted by Gasteiger charge is -2.35. The van der Waals surface area contributed by atoms with Gasteiger partial charge in [-0.3, -0.25) is 0 Å². The molecule has 1 saturated heterocycles. The highest BCUT2D eigenvalue weighted by Gasteiger charge is 2.23. The number of nitrogens with two attached hydrogens (primary N) is 1. The number of aliphatic hydroxyl groups is 1. The number of benzene rings is 1. The molecule has 0 aliphatic carbocycles. The van der Waals surface area contributed by atoms with Crippen LogP contribution in [0.4, 0.5) is 5.69 Å². The summed E-state index contributed by atoms with van der Waals surface area (Å²) in [6.45, 7) is 1.90. The second-order valence-corrected chi connectivity index (χ2v) is 4.97. The van der Waals surface area contributed by atoms with E-state index in [0.29, 0.717) is 23.7 Å². The molecule has 18 heavy (non-hydrogen) atoms. The number of thiocarbonyl (C=S) groups is 1. The Bertz CT molecular complexity index is 456. The lowest BCUT2D eigenvalue weighted by Crippen LogP contribution is -2.44. The molecule has 0 bridgehead atoms. The molecule has 1 fully saturated rings. The van der Waals surface area contributed by atoms with Gasteiger partial charge in [-0.2, -0.15) is 0 Å². The fraction of sp³-hybridized carbons (Fsp3) is 0.417. The van der Waals surface area contributed by atoms with Crippen LogP contribution in [0.2, 0.25) is 5.02 Å². The largest absolute Gasteiger partial charge is 0.394 e. The summed E-state index contributed by atoms with van der Waals surface area (Å²) in [6, 6.07) is 5.56. The van der Waals surface area contributed by atoms with Gasteiger partial charge >= 0.3 is 0 Å². The Kier molecular flexibility index (Phi) is 4.40. The van der Waals surface area contributed by atoms with Crippen molar-refractivity contribution in [2.45, 2.75) is 6.10 Å². The molecule has 98 valence electrons. The average molecular weight is 287 g/mol. The summed E-state index contributed by atoms with van der Waals surface area (Å²) in [7, 11) is 0. The lowest BCUT2D eigenvalue weighted by molar-refractivity contribution is 0.00356. The third-order valence-corrected chi connectivity index (χ3v) is 3.44. The van der Waals surface area contributed by atoms with Gasteiger partial charge in [-0.15, -0.1) is 0 Å². The van der Waals surface area contributed by atoms with E-state index < -0.39 is 0 Å². The van der Waals surface area contributed by atoms with E-state index >= 15 is 0 Å². The maximum absolute atomic E-state index is 9.16. The molecular formula is C12H15ClN2O2S. The number of morpholine rings is 1. The summed E-state index contributed by atoms with van der Waals surface area (Å²) < 4.78 is 5.42. The fourth-order valence-corrected chi connectivity index (χ4v) is 2.61. The first-order chi connectivity index (χ1) is 8.63. The van der Waals surface area contributed by atoms with Crippen molar-refractivity contribution in [3.05, 3.63) is 28.8 Å². The highest BCUT2D eigenvalue weighted by molar-refractivity contribution is 7.80. The van der Waals surface area contributed by atoms with Crippen LogP contribution in [0.25, 0.3) is 0 Å². The van der Waals surface area contributed by atoms with Crippen LogP contribution in [0, 0.1) is 0 Å². The highest BCUT2D eigenvalue weighted by Crippen LogP contribution is 2.28. The van der Waals surface area contributed by atoms with Gasteiger partial charge in [-0.1, -0.05) is 29.9 Å². The van der Waals surface area contributed by atoms with Crippen molar-refractivity contribution >= 4 is 34.5 Å². The minimum absolute atomic E-state index is 0.000525. The van der Waals surface area contributed by atoms with E-state index in [1.54, 1.807) is 6.07 Å². The van der Waals surface area contributed by atoms with Crippen molar-refractivity contribution < 1.29 is 9.84 Å². The van der Waals surface area contributed by atoms with Crippen LogP contribution in [-0.4, -0.2) is 42.5 Å². The number of rotatable bonds is 3. The van der Waals surface area contributed by atoms with E-state index in [0.717, 1.165) is 12.2 Å². The zero-order chi connectivity index (χ0) is 13.1. The van der Waals surface area contributed by atoms with Gasteiger partial charge < -0.3 is 20.5 Å². The summed E-state index contributed by atoms with van der Waals surface area (Å²) in [5.74, 6) is 0. The first-order valence-corrected chi connectivity index (χ1v) is 6.48. The van der Waals surface area contributed by atoms with Crippen LogP contribution < -0.4 is 10.6 Å². The van der Waals surface area contributed by atoms with Gasteiger partial charge in [0.15, 0.2) is 0 Å². The standard InChI is InChI=1S/C12H15ClN2O2S/c13-9-2-1-3-10(11(9)12(14)18)15-4-5-17-8(6-15)7-16/h1-3,8,16H,4-7H2,(H2,14,18). The van der Waals surface area contributed by atoms with E-state index in [2.05, 4.69) is 4.90 Å². The molecule has 0 amide bonds. The Labute approximate surface area is 116 Å². The maximum Gasteiger partial charge on any atom is 0.107 e. The molecular weight excluding hydrogens is 272 g/mol. The van der Waals surface area contributed by atoms with Crippen molar-refractivity contribution in [3.8, 4) is 0 Å². The Morgan fingerprint density at radius 3 is 3.06 bits per heavy atom. The number of nitrogens with zero attached hydrogens (tertiary/aromatic N) is 1. The highest BCUT2D eigenvalue weighted by atomic mass is 35.5. The van der Waals surface area contributed by atoms with Crippen LogP contribution in [0.1, 0.15) is 5.56 Å². The number of hydrogen-bond donors (Lipinski definition) is 2. The second-order valence-electron chi connectivity index (χ2n) is 4.12. The summed E-state index contributed by atoms with van der Waals surface area (Å²) in [5.41, 5.74) is 7.32. The molecule has 0 saturated carbocycles.